The van der Waals surface area contributed by atoms with Gasteiger partial charge in [0.25, 0.3) is 0 Å². The Labute approximate surface area is 92.5 Å². The molecule has 0 aromatic rings. The molecule has 88 valence electrons. The Balaban J connectivity index is 2.59. The van der Waals surface area contributed by atoms with Crippen molar-refractivity contribution in [3.05, 3.63) is 0 Å². The van der Waals surface area contributed by atoms with Gasteiger partial charge in [-0.2, -0.15) is 0 Å². The summed E-state index contributed by atoms with van der Waals surface area (Å²) in [5, 5.41) is 9.28. The van der Waals surface area contributed by atoms with Crippen LogP contribution >= 0.6 is 0 Å². The summed E-state index contributed by atoms with van der Waals surface area (Å²) in [7, 11) is 0. The molecule has 1 unspecified atom stereocenters. The van der Waals surface area contributed by atoms with Crippen molar-refractivity contribution < 1.29 is 9.90 Å². The van der Waals surface area contributed by atoms with E-state index in [9.17, 15) is 9.90 Å². The number of aliphatic carboxylic acids is 1. The predicted molar refractivity (Wildman–Crippen MR) is 60.9 cm³/mol. The fourth-order valence-electron chi connectivity index (χ4n) is 2.19. The molecule has 0 aromatic heterocycles. The van der Waals surface area contributed by atoms with Crippen molar-refractivity contribution in [2.45, 2.75) is 52.5 Å². The second-order valence-corrected chi connectivity index (χ2v) is 4.91. The number of rotatable bonds is 7. The zero-order valence-electron chi connectivity index (χ0n) is 10.1. The molecular formula is C12H23NO2. The highest BCUT2D eigenvalue weighted by Gasteiger charge is 2.38. The molecule has 1 atom stereocenters. The quantitative estimate of drug-likeness (QED) is 0.705. The highest BCUT2D eigenvalue weighted by Crippen LogP contribution is 2.32. The van der Waals surface area contributed by atoms with Crippen LogP contribution < -0.4 is 0 Å². The normalized spacial score (nSPS) is 20.3. The van der Waals surface area contributed by atoms with E-state index in [0.29, 0.717) is 12.6 Å². The first-order valence-corrected chi connectivity index (χ1v) is 6.01. The Morgan fingerprint density at radius 2 is 2.07 bits per heavy atom. The smallest absolute Gasteiger partial charge is 0.310 e. The van der Waals surface area contributed by atoms with Gasteiger partial charge in [0.2, 0.25) is 0 Å². The van der Waals surface area contributed by atoms with E-state index in [1.165, 1.54) is 12.8 Å². The van der Waals surface area contributed by atoms with E-state index in [2.05, 4.69) is 18.7 Å². The average Bonchev–Trinajstić information content (AvgIpc) is 2.97. The van der Waals surface area contributed by atoms with Crippen molar-refractivity contribution in [3.63, 3.8) is 0 Å². The van der Waals surface area contributed by atoms with Gasteiger partial charge in [-0.15, -0.1) is 0 Å². The van der Waals surface area contributed by atoms with Crippen molar-refractivity contribution in [3.8, 4) is 0 Å². The number of carboxylic acid groups (broad SMARTS) is 1. The van der Waals surface area contributed by atoms with Crippen LogP contribution in [0.5, 0.6) is 0 Å². The van der Waals surface area contributed by atoms with Crippen LogP contribution in [0.2, 0.25) is 0 Å². The molecule has 1 rings (SSSR count). The molecule has 0 radical (unpaired) electrons. The van der Waals surface area contributed by atoms with E-state index in [0.717, 1.165) is 19.4 Å². The van der Waals surface area contributed by atoms with E-state index >= 15 is 0 Å². The first-order valence-electron chi connectivity index (χ1n) is 6.01. The van der Waals surface area contributed by atoms with E-state index in [1.54, 1.807) is 0 Å². The summed E-state index contributed by atoms with van der Waals surface area (Å²) in [5.41, 5.74) is -0.562. The lowest BCUT2D eigenvalue weighted by Gasteiger charge is -2.31. The van der Waals surface area contributed by atoms with Crippen molar-refractivity contribution in [1.29, 1.82) is 0 Å². The second kappa shape index (κ2) is 4.97. The molecule has 3 heteroatoms. The van der Waals surface area contributed by atoms with Gasteiger partial charge in [0, 0.05) is 12.6 Å². The van der Waals surface area contributed by atoms with Gasteiger partial charge in [0.1, 0.15) is 0 Å². The molecular weight excluding hydrogens is 190 g/mol. The molecule has 0 saturated heterocycles. The summed E-state index contributed by atoms with van der Waals surface area (Å²) >= 11 is 0. The number of nitrogens with zero attached hydrogens (tertiary/aromatic N) is 1. The summed E-state index contributed by atoms with van der Waals surface area (Å²) in [6.45, 7) is 7.72. The molecule has 15 heavy (non-hydrogen) atoms. The lowest BCUT2D eigenvalue weighted by molar-refractivity contribution is -0.149. The number of hydrogen-bond acceptors (Lipinski definition) is 2. The van der Waals surface area contributed by atoms with Gasteiger partial charge >= 0.3 is 5.97 Å². The molecule has 0 aromatic carbocycles. The molecule has 3 nitrogen and oxygen atoms in total. The lowest BCUT2D eigenvalue weighted by Crippen LogP contribution is -2.42. The van der Waals surface area contributed by atoms with Crippen LogP contribution in [0.1, 0.15) is 46.5 Å². The highest BCUT2D eigenvalue weighted by molar-refractivity contribution is 5.74. The Morgan fingerprint density at radius 3 is 2.40 bits per heavy atom. The van der Waals surface area contributed by atoms with Crippen LogP contribution in [0.15, 0.2) is 0 Å². The van der Waals surface area contributed by atoms with Crippen LogP contribution in [0.25, 0.3) is 0 Å². The molecule has 0 heterocycles. The van der Waals surface area contributed by atoms with Crippen LogP contribution in [-0.2, 0) is 4.79 Å². The standard InChI is InChI=1S/C12H23NO2/c1-4-8-12(3,11(14)15)9-13(5-2)10-6-7-10/h10H,4-9H2,1-3H3,(H,14,15). The van der Waals surface area contributed by atoms with E-state index < -0.39 is 11.4 Å². The van der Waals surface area contributed by atoms with Crippen molar-refractivity contribution in [2.24, 2.45) is 5.41 Å². The van der Waals surface area contributed by atoms with Crippen LogP contribution in [0, 0.1) is 5.41 Å². The number of carboxylic acids is 1. The molecule has 0 bridgehead atoms. The van der Waals surface area contributed by atoms with Gasteiger partial charge in [-0.05, 0) is 32.7 Å². The summed E-state index contributed by atoms with van der Waals surface area (Å²) in [4.78, 5) is 13.6. The summed E-state index contributed by atoms with van der Waals surface area (Å²) < 4.78 is 0. The monoisotopic (exact) mass is 213 g/mol. The maximum absolute atomic E-state index is 11.3. The topological polar surface area (TPSA) is 40.5 Å². The van der Waals surface area contributed by atoms with Gasteiger partial charge < -0.3 is 5.11 Å². The van der Waals surface area contributed by atoms with Crippen LogP contribution in [0.4, 0.5) is 0 Å². The fourth-order valence-corrected chi connectivity index (χ4v) is 2.19. The van der Waals surface area contributed by atoms with Crippen molar-refractivity contribution >= 4 is 5.97 Å². The largest absolute Gasteiger partial charge is 0.481 e. The molecule has 1 saturated carbocycles. The SMILES string of the molecule is CCCC(C)(CN(CC)C1CC1)C(=O)O. The van der Waals surface area contributed by atoms with E-state index in [-0.39, 0.29) is 0 Å². The Bertz CT molecular complexity index is 226. The Hall–Kier alpha value is -0.570. The first kappa shape index (κ1) is 12.5. The molecule has 0 amide bonds. The van der Waals surface area contributed by atoms with Gasteiger partial charge in [0.05, 0.1) is 5.41 Å². The molecule has 0 spiro atoms. The Kier molecular flexibility index (Phi) is 4.14. The van der Waals surface area contributed by atoms with Gasteiger partial charge in [-0.3, -0.25) is 9.69 Å². The highest BCUT2D eigenvalue weighted by atomic mass is 16.4. The zero-order valence-corrected chi connectivity index (χ0v) is 10.1. The fraction of sp³-hybridized carbons (Fsp3) is 0.917. The molecule has 1 aliphatic rings. The lowest BCUT2D eigenvalue weighted by atomic mass is 9.85. The molecule has 0 aliphatic heterocycles. The van der Waals surface area contributed by atoms with E-state index in [4.69, 9.17) is 0 Å². The summed E-state index contributed by atoms with van der Waals surface area (Å²) in [6, 6.07) is 0.658. The molecule has 1 N–H and O–H groups in total. The zero-order chi connectivity index (χ0) is 11.5. The minimum Gasteiger partial charge on any atom is -0.481 e. The predicted octanol–water partition coefficient (Wildman–Crippen LogP) is 2.36. The molecule has 1 fully saturated rings. The summed E-state index contributed by atoms with van der Waals surface area (Å²) in [6.07, 6.45) is 4.20. The van der Waals surface area contributed by atoms with E-state index in [1.807, 2.05) is 6.92 Å². The average molecular weight is 213 g/mol. The second-order valence-electron chi connectivity index (χ2n) is 4.91. The maximum atomic E-state index is 11.3. The third-order valence-electron chi connectivity index (χ3n) is 3.34. The third kappa shape index (κ3) is 3.20. The first-order chi connectivity index (χ1) is 7.03. The van der Waals surface area contributed by atoms with Crippen LogP contribution in [-0.4, -0.2) is 35.1 Å². The minimum absolute atomic E-state index is 0.562. The number of hydrogen-bond donors (Lipinski definition) is 1. The maximum Gasteiger partial charge on any atom is 0.310 e. The third-order valence-corrected chi connectivity index (χ3v) is 3.34. The van der Waals surface area contributed by atoms with Gasteiger partial charge in [-0.25, -0.2) is 0 Å². The van der Waals surface area contributed by atoms with Crippen LogP contribution in [0.3, 0.4) is 0 Å². The van der Waals surface area contributed by atoms with Crippen molar-refractivity contribution in [1.82, 2.24) is 4.90 Å². The Morgan fingerprint density at radius 1 is 1.47 bits per heavy atom. The number of carbonyl (C=O) groups is 1. The van der Waals surface area contributed by atoms with Gasteiger partial charge in [0.15, 0.2) is 0 Å². The van der Waals surface area contributed by atoms with Crippen molar-refractivity contribution in [2.75, 3.05) is 13.1 Å². The summed E-state index contributed by atoms with van der Waals surface area (Å²) in [5.74, 6) is -0.650. The van der Waals surface area contributed by atoms with Gasteiger partial charge in [-0.1, -0.05) is 20.3 Å². The molecule has 1 aliphatic carbocycles. The minimum atomic E-state index is -0.650.